The van der Waals surface area contributed by atoms with Crippen molar-refractivity contribution in [1.29, 1.82) is 0 Å². The van der Waals surface area contributed by atoms with E-state index in [0.717, 1.165) is 17.9 Å². The summed E-state index contributed by atoms with van der Waals surface area (Å²) in [6, 6.07) is 10.3. The Balaban J connectivity index is 2.25. The molecule has 0 aliphatic rings. The smallest absolute Gasteiger partial charge is 0.315 e. The van der Waals surface area contributed by atoms with Crippen LogP contribution in [0.5, 0.6) is 17.2 Å². The lowest BCUT2D eigenvalue weighted by molar-refractivity contribution is -0.386. The summed E-state index contributed by atoms with van der Waals surface area (Å²) >= 11 is 0. The molecular weight excluding hydrogens is 350 g/mol. The van der Waals surface area contributed by atoms with Crippen molar-refractivity contribution in [2.45, 2.75) is 20.3 Å². The molecule has 0 heterocycles. The molecule has 0 unspecified atom stereocenters. The van der Waals surface area contributed by atoms with E-state index in [0.29, 0.717) is 24.5 Å². The number of anilines is 1. The van der Waals surface area contributed by atoms with E-state index in [9.17, 15) is 10.1 Å². The molecule has 0 aliphatic carbocycles. The van der Waals surface area contributed by atoms with Crippen LogP contribution in [0.25, 0.3) is 0 Å². The highest BCUT2D eigenvalue weighted by molar-refractivity contribution is 5.83. The van der Waals surface area contributed by atoms with E-state index in [-0.39, 0.29) is 11.4 Å². The molecule has 2 aromatic rings. The standard InChI is InChI=1S/C19H23N3O5/c1-4-10-27-19-17(22(23)24)11-14(12-18(19)26-5-2)13-20-21-15-6-8-16(25-3)9-7-15/h6-9,11-13,21H,4-5,10H2,1-3H3/b20-13+. The number of hydrogen-bond acceptors (Lipinski definition) is 7. The number of nitro groups is 1. The minimum Gasteiger partial charge on any atom is -0.497 e. The van der Waals surface area contributed by atoms with E-state index in [1.807, 2.05) is 19.1 Å². The monoisotopic (exact) mass is 373 g/mol. The van der Waals surface area contributed by atoms with Crippen LogP contribution in [-0.2, 0) is 0 Å². The fourth-order valence-corrected chi connectivity index (χ4v) is 2.28. The van der Waals surface area contributed by atoms with Gasteiger partial charge in [-0.3, -0.25) is 15.5 Å². The van der Waals surface area contributed by atoms with Crippen LogP contribution in [0.4, 0.5) is 11.4 Å². The molecule has 144 valence electrons. The lowest BCUT2D eigenvalue weighted by Gasteiger charge is -2.12. The van der Waals surface area contributed by atoms with Gasteiger partial charge in [0.25, 0.3) is 0 Å². The van der Waals surface area contributed by atoms with E-state index in [2.05, 4.69) is 10.5 Å². The minimum absolute atomic E-state index is 0.143. The third kappa shape index (κ3) is 5.60. The Bertz CT molecular complexity index is 791. The maximum absolute atomic E-state index is 11.4. The van der Waals surface area contributed by atoms with E-state index >= 15 is 0 Å². The number of hydrogen-bond donors (Lipinski definition) is 1. The Labute approximate surface area is 157 Å². The van der Waals surface area contributed by atoms with Crippen LogP contribution >= 0.6 is 0 Å². The van der Waals surface area contributed by atoms with Crippen LogP contribution in [0.15, 0.2) is 41.5 Å². The number of ether oxygens (including phenoxy) is 3. The molecule has 0 radical (unpaired) electrons. The van der Waals surface area contributed by atoms with Crippen molar-refractivity contribution in [1.82, 2.24) is 0 Å². The molecule has 8 heteroatoms. The summed E-state index contributed by atoms with van der Waals surface area (Å²) in [4.78, 5) is 11.0. The molecular formula is C19H23N3O5. The van der Waals surface area contributed by atoms with Crippen molar-refractivity contribution in [2.75, 3.05) is 25.7 Å². The molecule has 8 nitrogen and oxygen atoms in total. The maximum Gasteiger partial charge on any atom is 0.315 e. The third-order valence-corrected chi connectivity index (χ3v) is 3.50. The number of hydrazone groups is 1. The van der Waals surface area contributed by atoms with Crippen molar-refractivity contribution >= 4 is 17.6 Å². The molecule has 0 bridgehead atoms. The lowest BCUT2D eigenvalue weighted by Crippen LogP contribution is -2.04. The summed E-state index contributed by atoms with van der Waals surface area (Å²) in [6.07, 6.45) is 2.22. The number of nitrogens with zero attached hydrogens (tertiary/aromatic N) is 2. The second kappa shape index (κ2) is 10.0. The van der Waals surface area contributed by atoms with Gasteiger partial charge in [-0.25, -0.2) is 0 Å². The van der Waals surface area contributed by atoms with E-state index < -0.39 is 4.92 Å². The van der Waals surface area contributed by atoms with Crippen molar-refractivity contribution in [3.05, 3.63) is 52.1 Å². The first kappa shape index (κ1) is 20.0. The molecule has 27 heavy (non-hydrogen) atoms. The SMILES string of the molecule is CCCOc1c(OCC)cc(/C=N/Nc2ccc(OC)cc2)cc1[N+](=O)[O-]. The Morgan fingerprint density at radius 1 is 1.19 bits per heavy atom. The van der Waals surface area contributed by atoms with Gasteiger partial charge in [0.2, 0.25) is 5.75 Å². The average molecular weight is 373 g/mol. The van der Waals surface area contributed by atoms with Crippen molar-refractivity contribution in [3.63, 3.8) is 0 Å². The zero-order valence-corrected chi connectivity index (χ0v) is 15.6. The van der Waals surface area contributed by atoms with Crippen LogP contribution in [0.1, 0.15) is 25.8 Å². The summed E-state index contributed by atoms with van der Waals surface area (Å²) in [5, 5.41) is 15.6. The fraction of sp³-hybridized carbons (Fsp3) is 0.316. The van der Waals surface area contributed by atoms with Gasteiger partial charge in [-0.05, 0) is 43.7 Å². The largest absolute Gasteiger partial charge is 0.497 e. The predicted octanol–water partition coefficient (Wildman–Crippen LogP) is 4.24. The summed E-state index contributed by atoms with van der Waals surface area (Å²) < 4.78 is 16.2. The fourth-order valence-electron chi connectivity index (χ4n) is 2.28. The van der Waals surface area contributed by atoms with Gasteiger partial charge in [-0.2, -0.15) is 5.10 Å². The van der Waals surface area contributed by atoms with E-state index in [4.69, 9.17) is 14.2 Å². The Kier molecular flexibility index (Phi) is 7.42. The van der Waals surface area contributed by atoms with Gasteiger partial charge in [0, 0.05) is 11.6 Å². The Hall–Kier alpha value is -3.29. The van der Waals surface area contributed by atoms with Gasteiger partial charge in [0.05, 0.1) is 37.1 Å². The van der Waals surface area contributed by atoms with Crippen LogP contribution in [0.3, 0.4) is 0 Å². The third-order valence-electron chi connectivity index (χ3n) is 3.50. The maximum atomic E-state index is 11.4. The average Bonchev–Trinajstić information content (AvgIpc) is 2.67. The number of methoxy groups -OCH3 is 1. The second-order valence-corrected chi connectivity index (χ2v) is 5.50. The molecule has 0 spiro atoms. The topological polar surface area (TPSA) is 95.2 Å². The highest BCUT2D eigenvalue weighted by Gasteiger charge is 2.22. The molecule has 0 amide bonds. The van der Waals surface area contributed by atoms with Crippen molar-refractivity contribution < 1.29 is 19.1 Å². The molecule has 1 N–H and O–H groups in total. The van der Waals surface area contributed by atoms with Crippen molar-refractivity contribution in [3.8, 4) is 17.2 Å². The second-order valence-electron chi connectivity index (χ2n) is 5.50. The summed E-state index contributed by atoms with van der Waals surface area (Å²) in [7, 11) is 1.59. The quantitative estimate of drug-likeness (QED) is 0.380. The first-order chi connectivity index (χ1) is 13.1. The zero-order chi connectivity index (χ0) is 19.6. The predicted molar refractivity (Wildman–Crippen MR) is 104 cm³/mol. The summed E-state index contributed by atoms with van der Waals surface area (Å²) in [5.74, 6) is 1.21. The summed E-state index contributed by atoms with van der Waals surface area (Å²) in [6.45, 7) is 4.47. The normalized spacial score (nSPS) is 10.6. The summed E-state index contributed by atoms with van der Waals surface area (Å²) in [5.41, 5.74) is 3.99. The molecule has 0 saturated heterocycles. The van der Waals surface area contributed by atoms with Crippen LogP contribution < -0.4 is 19.6 Å². The minimum atomic E-state index is -0.484. The van der Waals surface area contributed by atoms with E-state index in [1.54, 1.807) is 32.2 Å². The molecule has 0 saturated carbocycles. The lowest BCUT2D eigenvalue weighted by atomic mass is 10.2. The number of benzene rings is 2. The highest BCUT2D eigenvalue weighted by Crippen LogP contribution is 2.38. The number of nitro benzene ring substituents is 1. The van der Waals surface area contributed by atoms with Crippen LogP contribution in [0, 0.1) is 10.1 Å². The van der Waals surface area contributed by atoms with E-state index in [1.165, 1.54) is 12.3 Å². The molecule has 0 fully saturated rings. The van der Waals surface area contributed by atoms with Crippen LogP contribution in [-0.4, -0.2) is 31.5 Å². The van der Waals surface area contributed by atoms with Crippen LogP contribution in [0.2, 0.25) is 0 Å². The number of nitrogens with one attached hydrogen (secondary N) is 1. The van der Waals surface area contributed by atoms with Gasteiger partial charge < -0.3 is 14.2 Å². The first-order valence-corrected chi connectivity index (χ1v) is 8.60. The molecule has 0 atom stereocenters. The molecule has 0 aromatic heterocycles. The van der Waals surface area contributed by atoms with Gasteiger partial charge in [-0.15, -0.1) is 0 Å². The number of rotatable bonds is 10. The van der Waals surface area contributed by atoms with Crippen molar-refractivity contribution in [2.24, 2.45) is 5.10 Å². The Morgan fingerprint density at radius 3 is 2.52 bits per heavy atom. The van der Waals surface area contributed by atoms with Gasteiger partial charge >= 0.3 is 5.69 Å². The highest BCUT2D eigenvalue weighted by atomic mass is 16.6. The molecule has 0 aliphatic heterocycles. The Morgan fingerprint density at radius 2 is 1.93 bits per heavy atom. The zero-order valence-electron chi connectivity index (χ0n) is 15.6. The van der Waals surface area contributed by atoms with Gasteiger partial charge in [0.1, 0.15) is 5.75 Å². The first-order valence-electron chi connectivity index (χ1n) is 8.60. The van der Waals surface area contributed by atoms with Gasteiger partial charge in [-0.1, -0.05) is 6.92 Å². The molecule has 2 rings (SSSR count). The van der Waals surface area contributed by atoms with Gasteiger partial charge in [0.15, 0.2) is 5.75 Å². The molecule has 2 aromatic carbocycles.